The van der Waals surface area contributed by atoms with E-state index in [1.54, 1.807) is 14.0 Å². The van der Waals surface area contributed by atoms with Gasteiger partial charge in [0.05, 0.1) is 17.2 Å². The van der Waals surface area contributed by atoms with Crippen molar-refractivity contribution in [2.24, 2.45) is 0 Å². The Morgan fingerprint density at radius 1 is 1.32 bits per heavy atom. The zero-order valence-electron chi connectivity index (χ0n) is 13.6. The number of nitriles is 1. The van der Waals surface area contributed by atoms with Crippen molar-refractivity contribution in [2.45, 2.75) is 23.8 Å². The number of anilines is 1. The molecule has 0 bridgehead atoms. The molecule has 1 aromatic heterocycles. The minimum Gasteiger partial charge on any atom is -0.346 e. The summed E-state index contributed by atoms with van der Waals surface area (Å²) in [5.41, 5.74) is -1.40. The number of H-pyrrole nitrogens is 1. The predicted octanol–water partition coefficient (Wildman–Crippen LogP) is 1.52. The minimum absolute atomic E-state index is 0.0499. The Morgan fingerprint density at radius 2 is 1.88 bits per heavy atom. The van der Waals surface area contributed by atoms with Crippen LogP contribution < -0.4 is 10.5 Å². The number of benzene rings is 1. The molecule has 0 unspecified atom stereocenters. The SMILES string of the molecule is CCN(C)c1nc(S(=O)(=O)c2c(F)cc(C#N)cc2F)c(C)c(=O)[nH]1. The maximum atomic E-state index is 14.1. The van der Waals surface area contributed by atoms with Crippen LogP contribution in [0.4, 0.5) is 14.7 Å². The molecule has 0 aliphatic carbocycles. The van der Waals surface area contributed by atoms with Crippen molar-refractivity contribution in [1.82, 2.24) is 9.97 Å². The third-order valence-electron chi connectivity index (χ3n) is 3.58. The molecule has 2 rings (SSSR count). The van der Waals surface area contributed by atoms with Crippen LogP contribution in [-0.2, 0) is 9.84 Å². The van der Waals surface area contributed by atoms with Crippen molar-refractivity contribution < 1.29 is 17.2 Å². The van der Waals surface area contributed by atoms with Crippen LogP contribution >= 0.6 is 0 Å². The van der Waals surface area contributed by atoms with Gasteiger partial charge in [-0.25, -0.2) is 22.2 Å². The van der Waals surface area contributed by atoms with Crippen molar-refractivity contribution in [2.75, 3.05) is 18.5 Å². The van der Waals surface area contributed by atoms with Crippen LogP contribution in [0.1, 0.15) is 18.1 Å². The smallest absolute Gasteiger partial charge is 0.256 e. The van der Waals surface area contributed by atoms with E-state index in [0.717, 1.165) is 0 Å². The van der Waals surface area contributed by atoms with Gasteiger partial charge in [0, 0.05) is 13.6 Å². The van der Waals surface area contributed by atoms with E-state index >= 15 is 0 Å². The van der Waals surface area contributed by atoms with Crippen LogP contribution in [0.2, 0.25) is 0 Å². The van der Waals surface area contributed by atoms with Gasteiger partial charge < -0.3 is 4.90 Å². The predicted molar refractivity (Wildman–Crippen MR) is 85.1 cm³/mol. The zero-order chi connectivity index (χ0) is 18.9. The number of nitrogens with zero attached hydrogens (tertiary/aromatic N) is 3. The van der Waals surface area contributed by atoms with Gasteiger partial charge in [-0.05, 0) is 26.0 Å². The Morgan fingerprint density at radius 3 is 2.36 bits per heavy atom. The monoisotopic (exact) mass is 368 g/mol. The summed E-state index contributed by atoms with van der Waals surface area (Å²) in [6.07, 6.45) is 0. The Hall–Kier alpha value is -2.80. The Balaban J connectivity index is 2.80. The molecule has 0 radical (unpaired) electrons. The van der Waals surface area contributed by atoms with E-state index in [4.69, 9.17) is 5.26 Å². The highest BCUT2D eigenvalue weighted by atomic mass is 32.2. The molecular formula is C15H14F2N4O3S. The lowest BCUT2D eigenvalue weighted by molar-refractivity contribution is 0.517. The first-order valence-electron chi connectivity index (χ1n) is 7.09. The second kappa shape index (κ2) is 6.60. The van der Waals surface area contributed by atoms with E-state index in [2.05, 4.69) is 9.97 Å². The number of rotatable bonds is 4. The third-order valence-corrected chi connectivity index (χ3v) is 5.41. The standard InChI is InChI=1S/C15H14F2N4O3S/c1-4-21(3)15-19-13(22)8(2)14(20-15)25(23,24)12-10(16)5-9(7-18)6-11(12)17/h5-6H,4H2,1-3H3,(H,19,20,22). The number of sulfone groups is 1. The van der Waals surface area contributed by atoms with Crippen LogP contribution in [0.5, 0.6) is 0 Å². The van der Waals surface area contributed by atoms with Gasteiger partial charge >= 0.3 is 0 Å². The lowest BCUT2D eigenvalue weighted by atomic mass is 10.2. The summed E-state index contributed by atoms with van der Waals surface area (Å²) < 4.78 is 53.7. The lowest BCUT2D eigenvalue weighted by Crippen LogP contribution is -2.26. The van der Waals surface area contributed by atoms with E-state index in [-0.39, 0.29) is 17.1 Å². The van der Waals surface area contributed by atoms with Gasteiger partial charge in [0.15, 0.2) is 5.03 Å². The van der Waals surface area contributed by atoms with E-state index in [1.165, 1.54) is 17.9 Å². The number of hydrogen-bond donors (Lipinski definition) is 1. The molecule has 10 heteroatoms. The van der Waals surface area contributed by atoms with Gasteiger partial charge in [-0.1, -0.05) is 0 Å². The molecule has 0 saturated heterocycles. The van der Waals surface area contributed by atoms with Crippen molar-refractivity contribution in [3.63, 3.8) is 0 Å². The summed E-state index contributed by atoms with van der Waals surface area (Å²) in [7, 11) is -3.20. The zero-order valence-corrected chi connectivity index (χ0v) is 14.4. The van der Waals surface area contributed by atoms with Crippen molar-refractivity contribution in [1.29, 1.82) is 5.26 Å². The van der Waals surface area contributed by atoms with E-state index in [0.29, 0.717) is 18.7 Å². The van der Waals surface area contributed by atoms with E-state index < -0.39 is 37.0 Å². The maximum Gasteiger partial charge on any atom is 0.256 e. The molecule has 0 saturated carbocycles. The molecule has 1 heterocycles. The lowest BCUT2D eigenvalue weighted by Gasteiger charge is -2.17. The number of aromatic nitrogens is 2. The van der Waals surface area contributed by atoms with Crippen molar-refractivity contribution in [3.05, 3.63) is 45.2 Å². The van der Waals surface area contributed by atoms with Crippen molar-refractivity contribution >= 4 is 15.8 Å². The maximum absolute atomic E-state index is 14.1. The van der Waals surface area contributed by atoms with Crippen molar-refractivity contribution in [3.8, 4) is 6.07 Å². The molecular weight excluding hydrogens is 354 g/mol. The molecule has 7 nitrogen and oxygen atoms in total. The fourth-order valence-corrected chi connectivity index (χ4v) is 3.60. The highest BCUT2D eigenvalue weighted by Gasteiger charge is 2.31. The molecule has 1 N–H and O–H groups in total. The number of hydrogen-bond acceptors (Lipinski definition) is 6. The molecule has 0 amide bonds. The Kier molecular flexibility index (Phi) is 4.89. The molecule has 2 aromatic rings. The third kappa shape index (κ3) is 3.23. The van der Waals surface area contributed by atoms with Gasteiger partial charge in [0.2, 0.25) is 15.8 Å². The normalized spacial score (nSPS) is 11.2. The van der Waals surface area contributed by atoms with E-state index in [9.17, 15) is 22.0 Å². The summed E-state index contributed by atoms with van der Waals surface area (Å²) in [5, 5.41) is 7.96. The number of halogens is 2. The minimum atomic E-state index is -4.76. The summed E-state index contributed by atoms with van der Waals surface area (Å²) in [6.45, 7) is 3.34. The number of nitrogens with one attached hydrogen (secondary N) is 1. The Bertz CT molecular complexity index is 1020. The second-order valence-corrected chi connectivity index (χ2v) is 7.02. The van der Waals surface area contributed by atoms with Gasteiger partial charge in [-0.3, -0.25) is 9.78 Å². The van der Waals surface area contributed by atoms with Crippen LogP contribution in [-0.4, -0.2) is 32.0 Å². The number of aromatic amines is 1. The first-order chi connectivity index (χ1) is 11.6. The fourth-order valence-electron chi connectivity index (χ4n) is 2.07. The van der Waals surface area contributed by atoms with Gasteiger partial charge in [-0.15, -0.1) is 0 Å². The molecule has 132 valence electrons. The van der Waals surface area contributed by atoms with Crippen LogP contribution in [0.15, 0.2) is 26.8 Å². The fraction of sp³-hybridized carbons (Fsp3) is 0.267. The first kappa shape index (κ1) is 18.5. The van der Waals surface area contributed by atoms with E-state index in [1.807, 2.05) is 0 Å². The molecule has 1 aromatic carbocycles. The highest BCUT2D eigenvalue weighted by Crippen LogP contribution is 2.27. The first-order valence-corrected chi connectivity index (χ1v) is 8.58. The molecule has 0 fully saturated rings. The van der Waals surface area contributed by atoms with Crippen LogP contribution in [0.3, 0.4) is 0 Å². The van der Waals surface area contributed by atoms with Gasteiger partial charge in [0.1, 0.15) is 16.5 Å². The van der Waals surface area contributed by atoms with Crippen LogP contribution in [0.25, 0.3) is 0 Å². The summed E-state index contributed by atoms with van der Waals surface area (Å²) in [6, 6.07) is 2.74. The summed E-state index contributed by atoms with van der Waals surface area (Å²) >= 11 is 0. The summed E-state index contributed by atoms with van der Waals surface area (Å²) in [5.74, 6) is -2.90. The molecule has 0 atom stereocenters. The average molecular weight is 368 g/mol. The highest BCUT2D eigenvalue weighted by molar-refractivity contribution is 7.91. The van der Waals surface area contributed by atoms with Crippen LogP contribution in [0, 0.1) is 29.9 Å². The summed E-state index contributed by atoms with van der Waals surface area (Å²) in [4.78, 5) is 18.5. The topological polar surface area (TPSA) is 107 Å². The average Bonchev–Trinajstić information content (AvgIpc) is 2.55. The second-order valence-electron chi connectivity index (χ2n) is 5.22. The Labute approximate surface area is 142 Å². The molecule has 0 aliphatic rings. The molecule has 0 spiro atoms. The van der Waals surface area contributed by atoms with Gasteiger partial charge in [-0.2, -0.15) is 5.26 Å². The molecule has 0 aliphatic heterocycles. The largest absolute Gasteiger partial charge is 0.346 e. The van der Waals surface area contributed by atoms with Gasteiger partial charge in [0.25, 0.3) is 5.56 Å². The quantitative estimate of drug-likeness (QED) is 0.820. The molecule has 25 heavy (non-hydrogen) atoms.